The summed E-state index contributed by atoms with van der Waals surface area (Å²) >= 11 is 1.92. The first kappa shape index (κ1) is 38.9. The van der Waals surface area contributed by atoms with Crippen LogP contribution in [0, 0.1) is 6.92 Å². The molecule has 2 aliphatic carbocycles. The number of para-hydroxylation sites is 1. The Labute approximate surface area is 384 Å². The second-order valence-corrected chi connectivity index (χ2v) is 18.2. The molecule has 0 saturated heterocycles. The van der Waals surface area contributed by atoms with E-state index in [-0.39, 0.29) is 0 Å². The maximum Gasteiger partial charge on any atom is 0.130 e. The van der Waals surface area contributed by atoms with Crippen molar-refractivity contribution >= 4 is 50.1 Å². The van der Waals surface area contributed by atoms with Gasteiger partial charge in [-0.25, -0.2) is 0 Å². The van der Waals surface area contributed by atoms with Gasteiger partial charge in [-0.05, 0) is 152 Å². The molecule has 0 amide bonds. The maximum absolute atomic E-state index is 6.28. The second-order valence-electron chi connectivity index (χ2n) is 17.1. The second kappa shape index (κ2) is 16.1. The summed E-state index contributed by atoms with van der Waals surface area (Å²) in [6.07, 6.45) is 4.52. The fourth-order valence-corrected chi connectivity index (χ4v) is 11.7. The number of nitrogens with zero attached hydrogens (tertiary/aromatic N) is 1. The zero-order valence-electron chi connectivity index (χ0n) is 36.1. The SMILES string of the molecule is Cc1ccccc1Oc1ccc(-c2cccc(N(c3ccc(C4=c5sc6ccccc6c5=CCC4)cc3)c3ccc(C4(c5ccccc5)c5ccccc5-c5ccccc54)cc3)c2)cc1. The molecule has 0 fully saturated rings. The highest BCUT2D eigenvalue weighted by molar-refractivity contribution is 7.17. The molecule has 1 heterocycles. The van der Waals surface area contributed by atoms with Crippen molar-refractivity contribution in [3.8, 4) is 33.8 Å². The topological polar surface area (TPSA) is 12.5 Å². The minimum atomic E-state index is -0.464. The van der Waals surface area contributed by atoms with Crippen LogP contribution in [0.4, 0.5) is 17.1 Å². The van der Waals surface area contributed by atoms with Crippen LogP contribution in [0.25, 0.3) is 44.0 Å². The lowest BCUT2D eigenvalue weighted by Gasteiger charge is -2.34. The number of anilines is 3. The van der Waals surface area contributed by atoms with Crippen molar-refractivity contribution in [2.24, 2.45) is 0 Å². The molecule has 9 aromatic carbocycles. The molecule has 310 valence electrons. The van der Waals surface area contributed by atoms with Gasteiger partial charge in [0.25, 0.3) is 0 Å². The van der Waals surface area contributed by atoms with Gasteiger partial charge in [0.1, 0.15) is 11.5 Å². The van der Waals surface area contributed by atoms with Crippen molar-refractivity contribution in [2.75, 3.05) is 4.90 Å². The van der Waals surface area contributed by atoms with Gasteiger partial charge in [0, 0.05) is 26.3 Å². The molecule has 0 bridgehead atoms. The molecule has 12 rings (SSSR count). The molecule has 2 aliphatic rings. The molecule has 0 saturated carbocycles. The molecule has 1 aromatic heterocycles. The number of benzene rings is 9. The van der Waals surface area contributed by atoms with Crippen LogP contribution in [0.2, 0.25) is 0 Å². The molecule has 3 heteroatoms. The van der Waals surface area contributed by atoms with Crippen LogP contribution in [0.3, 0.4) is 0 Å². The normalized spacial score (nSPS) is 13.4. The van der Waals surface area contributed by atoms with E-state index in [9.17, 15) is 0 Å². The summed E-state index contributed by atoms with van der Waals surface area (Å²) in [6, 6.07) is 81.9. The van der Waals surface area contributed by atoms with Crippen LogP contribution in [0.1, 0.15) is 46.2 Å². The molecule has 2 nitrogen and oxygen atoms in total. The van der Waals surface area contributed by atoms with E-state index in [2.05, 4.69) is 224 Å². The molecule has 0 atom stereocenters. The molecule has 65 heavy (non-hydrogen) atoms. The van der Waals surface area contributed by atoms with Gasteiger partial charge in [0.15, 0.2) is 0 Å². The summed E-state index contributed by atoms with van der Waals surface area (Å²) < 4.78 is 9.03. The van der Waals surface area contributed by atoms with E-state index < -0.39 is 5.41 Å². The Morgan fingerprint density at radius 1 is 0.492 bits per heavy atom. The van der Waals surface area contributed by atoms with E-state index in [1.807, 2.05) is 29.5 Å². The molecular weight excluding hydrogens is 807 g/mol. The lowest BCUT2D eigenvalue weighted by molar-refractivity contribution is 0.479. The minimum absolute atomic E-state index is 0.464. The number of ether oxygens (including phenoxy) is 1. The fourth-order valence-electron chi connectivity index (χ4n) is 10.4. The molecule has 10 aromatic rings. The monoisotopic (exact) mass is 851 g/mol. The lowest BCUT2D eigenvalue weighted by Crippen LogP contribution is -2.28. The largest absolute Gasteiger partial charge is 0.457 e. The molecule has 0 radical (unpaired) electrons. The van der Waals surface area contributed by atoms with Crippen LogP contribution in [0.5, 0.6) is 11.5 Å². The standard InChI is InChI=1S/C62H45NOS/c1-42-15-5-11-27-59(42)64-51-39-31-43(32-40-51)45-16-13-19-50(41-45)63(48-35-29-44(30-36-48)52-23-14-24-56-55-22-8-12-28-60(55)65-61(52)56)49-37-33-47(34-38-49)62(46-17-3-2-4-18-46)57-25-9-6-20-53(57)54-21-7-10-26-58(54)62/h2-13,15-22,24-41H,14,23H2,1H3. The van der Waals surface area contributed by atoms with Gasteiger partial charge in [0.2, 0.25) is 0 Å². The van der Waals surface area contributed by atoms with Crippen LogP contribution in [-0.4, -0.2) is 0 Å². The van der Waals surface area contributed by atoms with Gasteiger partial charge in [-0.15, -0.1) is 11.3 Å². The number of aryl methyl sites for hydroxylation is 1. The Morgan fingerprint density at radius 2 is 1.11 bits per heavy atom. The summed E-state index contributed by atoms with van der Waals surface area (Å²) in [7, 11) is 0. The third kappa shape index (κ3) is 6.62. The van der Waals surface area contributed by atoms with E-state index in [1.54, 1.807) is 0 Å². The van der Waals surface area contributed by atoms with E-state index in [1.165, 1.54) is 64.4 Å². The van der Waals surface area contributed by atoms with Crippen molar-refractivity contribution < 1.29 is 4.74 Å². The summed E-state index contributed by atoms with van der Waals surface area (Å²) in [5, 5.41) is 2.76. The van der Waals surface area contributed by atoms with Gasteiger partial charge in [-0.2, -0.15) is 0 Å². The van der Waals surface area contributed by atoms with Gasteiger partial charge in [-0.3, -0.25) is 0 Å². The first-order valence-electron chi connectivity index (χ1n) is 22.5. The van der Waals surface area contributed by atoms with Gasteiger partial charge in [-0.1, -0.05) is 170 Å². The van der Waals surface area contributed by atoms with Gasteiger partial charge in [0.05, 0.1) is 5.41 Å². The summed E-state index contributed by atoms with van der Waals surface area (Å²) in [6.45, 7) is 2.07. The summed E-state index contributed by atoms with van der Waals surface area (Å²) in [5.41, 5.74) is 16.6. The molecular formula is C62H45NOS. The van der Waals surface area contributed by atoms with Crippen LogP contribution in [-0.2, 0) is 5.41 Å². The molecule has 0 N–H and O–H groups in total. The number of hydrogen-bond donors (Lipinski definition) is 0. The van der Waals surface area contributed by atoms with Crippen LogP contribution >= 0.6 is 11.3 Å². The zero-order chi connectivity index (χ0) is 43.3. The van der Waals surface area contributed by atoms with E-state index in [4.69, 9.17) is 4.74 Å². The Hall–Kier alpha value is -7.72. The number of hydrogen-bond acceptors (Lipinski definition) is 3. The summed E-state index contributed by atoms with van der Waals surface area (Å²) in [5.74, 6) is 1.69. The highest BCUT2D eigenvalue weighted by atomic mass is 32.1. The average molecular weight is 852 g/mol. The number of thiophene rings is 1. The quantitative estimate of drug-likeness (QED) is 0.143. The minimum Gasteiger partial charge on any atom is -0.457 e. The Kier molecular flexibility index (Phi) is 9.65. The van der Waals surface area contributed by atoms with Crippen molar-refractivity contribution in [1.82, 2.24) is 0 Å². The van der Waals surface area contributed by atoms with Crippen molar-refractivity contribution in [2.45, 2.75) is 25.2 Å². The summed E-state index contributed by atoms with van der Waals surface area (Å²) in [4.78, 5) is 2.41. The maximum atomic E-state index is 6.28. The Bertz CT molecular complexity index is 3470. The van der Waals surface area contributed by atoms with Crippen molar-refractivity contribution in [1.29, 1.82) is 0 Å². The lowest BCUT2D eigenvalue weighted by atomic mass is 9.68. The number of fused-ring (bicyclic) bond motifs is 6. The average Bonchev–Trinajstić information content (AvgIpc) is 3.90. The first-order valence-corrected chi connectivity index (χ1v) is 23.4. The van der Waals surface area contributed by atoms with E-state index in [0.29, 0.717) is 0 Å². The highest BCUT2D eigenvalue weighted by Crippen LogP contribution is 2.56. The van der Waals surface area contributed by atoms with E-state index >= 15 is 0 Å². The fraction of sp³-hybridized carbons (Fsp3) is 0.0645. The smallest absolute Gasteiger partial charge is 0.130 e. The third-order valence-corrected chi connectivity index (χ3v) is 14.7. The molecule has 0 spiro atoms. The first-order chi connectivity index (χ1) is 32.1. The van der Waals surface area contributed by atoms with Crippen molar-refractivity contribution in [3.63, 3.8) is 0 Å². The Morgan fingerprint density at radius 3 is 1.85 bits per heavy atom. The predicted molar refractivity (Wildman–Crippen MR) is 272 cm³/mol. The van der Waals surface area contributed by atoms with Crippen molar-refractivity contribution in [3.05, 3.63) is 268 Å². The molecule has 0 aliphatic heterocycles. The Balaban J connectivity index is 0.973. The van der Waals surface area contributed by atoms with Crippen LogP contribution < -0.4 is 19.4 Å². The van der Waals surface area contributed by atoms with Crippen LogP contribution in [0.15, 0.2) is 224 Å². The highest BCUT2D eigenvalue weighted by Gasteiger charge is 2.45. The third-order valence-electron chi connectivity index (χ3n) is 13.5. The van der Waals surface area contributed by atoms with Gasteiger partial charge < -0.3 is 9.64 Å². The molecule has 0 unspecified atom stereocenters. The van der Waals surface area contributed by atoms with Gasteiger partial charge >= 0.3 is 0 Å². The van der Waals surface area contributed by atoms with E-state index in [0.717, 1.165) is 58.1 Å². The zero-order valence-corrected chi connectivity index (χ0v) is 36.9. The predicted octanol–water partition coefficient (Wildman–Crippen LogP) is 15.3. The number of rotatable bonds is 9.